The molecule has 0 aliphatic rings. The predicted molar refractivity (Wildman–Crippen MR) is 66.3 cm³/mol. The van der Waals surface area contributed by atoms with Crippen molar-refractivity contribution >= 4 is 17.8 Å². The maximum absolute atomic E-state index is 8.58. The second-order valence-electron chi connectivity index (χ2n) is 3.34. The molecule has 0 aromatic heterocycles. The highest BCUT2D eigenvalue weighted by molar-refractivity contribution is 6.30. The molecule has 0 saturated carbocycles. The Morgan fingerprint density at radius 2 is 1.69 bits per heavy atom. The van der Waals surface area contributed by atoms with Gasteiger partial charge in [0.2, 0.25) is 0 Å². The van der Waals surface area contributed by atoms with Gasteiger partial charge in [0.25, 0.3) is 0 Å². The van der Waals surface area contributed by atoms with E-state index in [9.17, 15) is 0 Å². The minimum atomic E-state index is 0.706. The van der Waals surface area contributed by atoms with Gasteiger partial charge in [0.1, 0.15) is 0 Å². The Kier molecular flexibility index (Phi) is 3.22. The minimum Gasteiger partial charge on any atom is -0.411 e. The van der Waals surface area contributed by atoms with Crippen LogP contribution in [0.15, 0.2) is 53.7 Å². The van der Waals surface area contributed by atoms with E-state index >= 15 is 0 Å². The molecule has 0 radical (unpaired) electrons. The number of rotatable bonds is 2. The van der Waals surface area contributed by atoms with E-state index in [2.05, 4.69) is 5.16 Å². The molecule has 0 amide bonds. The van der Waals surface area contributed by atoms with Gasteiger partial charge in [0.15, 0.2) is 0 Å². The second-order valence-corrected chi connectivity index (χ2v) is 3.78. The molecule has 0 saturated heterocycles. The molecule has 80 valence electrons. The van der Waals surface area contributed by atoms with Crippen molar-refractivity contribution in [1.29, 1.82) is 0 Å². The van der Waals surface area contributed by atoms with E-state index in [0.717, 1.165) is 16.7 Å². The van der Waals surface area contributed by atoms with Crippen LogP contribution in [-0.2, 0) is 0 Å². The lowest BCUT2D eigenvalue weighted by atomic mass is 10.0. The van der Waals surface area contributed by atoms with E-state index in [-0.39, 0.29) is 0 Å². The number of benzene rings is 2. The number of nitrogens with zero attached hydrogens (tertiary/aromatic N) is 1. The van der Waals surface area contributed by atoms with Crippen molar-refractivity contribution in [1.82, 2.24) is 0 Å². The molecule has 0 heterocycles. The molecule has 0 unspecified atom stereocenters. The lowest BCUT2D eigenvalue weighted by molar-refractivity contribution is 0.322. The molecular weight excluding hydrogens is 222 g/mol. The number of hydrogen-bond donors (Lipinski definition) is 1. The predicted octanol–water partition coefficient (Wildman–Crippen LogP) is 3.82. The summed E-state index contributed by atoms with van der Waals surface area (Å²) >= 11 is 5.83. The summed E-state index contributed by atoms with van der Waals surface area (Å²) in [6.45, 7) is 0. The van der Waals surface area contributed by atoms with Crippen molar-refractivity contribution in [2.24, 2.45) is 5.16 Å². The molecule has 16 heavy (non-hydrogen) atoms. The van der Waals surface area contributed by atoms with Crippen molar-refractivity contribution in [3.05, 3.63) is 59.1 Å². The zero-order valence-corrected chi connectivity index (χ0v) is 9.22. The Bertz CT molecular complexity index is 506. The van der Waals surface area contributed by atoms with Crippen LogP contribution in [0.1, 0.15) is 5.56 Å². The SMILES string of the molecule is O/N=C/c1ccccc1-c1ccc(Cl)cc1. The molecular formula is C13H10ClNO. The lowest BCUT2D eigenvalue weighted by Crippen LogP contribution is -1.87. The molecule has 0 bridgehead atoms. The number of hydrogen-bond acceptors (Lipinski definition) is 2. The maximum atomic E-state index is 8.58. The summed E-state index contributed by atoms with van der Waals surface area (Å²) in [7, 11) is 0. The summed E-state index contributed by atoms with van der Waals surface area (Å²) in [6.07, 6.45) is 1.42. The van der Waals surface area contributed by atoms with Gasteiger partial charge in [-0.25, -0.2) is 0 Å². The Morgan fingerprint density at radius 3 is 2.38 bits per heavy atom. The molecule has 0 aliphatic carbocycles. The van der Waals surface area contributed by atoms with Gasteiger partial charge < -0.3 is 5.21 Å². The van der Waals surface area contributed by atoms with E-state index in [0.29, 0.717) is 5.02 Å². The fourth-order valence-electron chi connectivity index (χ4n) is 1.56. The first kappa shape index (κ1) is 10.7. The zero-order chi connectivity index (χ0) is 11.4. The van der Waals surface area contributed by atoms with Crippen LogP contribution in [0, 0.1) is 0 Å². The van der Waals surface area contributed by atoms with Gasteiger partial charge in [-0.1, -0.05) is 53.2 Å². The van der Waals surface area contributed by atoms with Crippen LogP contribution in [0.3, 0.4) is 0 Å². The van der Waals surface area contributed by atoms with Crippen molar-refractivity contribution in [2.45, 2.75) is 0 Å². The molecule has 2 aromatic rings. The van der Waals surface area contributed by atoms with Crippen molar-refractivity contribution in [2.75, 3.05) is 0 Å². The van der Waals surface area contributed by atoms with Crippen molar-refractivity contribution in [3.63, 3.8) is 0 Å². The van der Waals surface area contributed by atoms with Crippen molar-refractivity contribution in [3.8, 4) is 11.1 Å². The third kappa shape index (κ3) is 2.23. The largest absolute Gasteiger partial charge is 0.411 e. The normalized spacial score (nSPS) is 10.8. The molecule has 1 N–H and O–H groups in total. The summed E-state index contributed by atoms with van der Waals surface area (Å²) in [4.78, 5) is 0. The number of oxime groups is 1. The average molecular weight is 232 g/mol. The quantitative estimate of drug-likeness (QED) is 0.476. The maximum Gasteiger partial charge on any atom is 0.0740 e. The molecule has 0 aliphatic heterocycles. The molecule has 2 aromatic carbocycles. The minimum absolute atomic E-state index is 0.706. The summed E-state index contributed by atoms with van der Waals surface area (Å²) < 4.78 is 0. The second kappa shape index (κ2) is 4.81. The summed E-state index contributed by atoms with van der Waals surface area (Å²) in [6, 6.07) is 15.3. The molecule has 2 rings (SSSR count). The summed E-state index contributed by atoms with van der Waals surface area (Å²) in [5.41, 5.74) is 2.92. The number of halogens is 1. The Morgan fingerprint density at radius 1 is 1.00 bits per heavy atom. The first-order valence-electron chi connectivity index (χ1n) is 4.83. The van der Waals surface area contributed by atoms with Crippen LogP contribution in [-0.4, -0.2) is 11.4 Å². The molecule has 3 heteroatoms. The molecule has 0 fully saturated rings. The first-order valence-corrected chi connectivity index (χ1v) is 5.21. The fourth-order valence-corrected chi connectivity index (χ4v) is 1.69. The van der Waals surface area contributed by atoms with E-state index in [1.54, 1.807) is 0 Å². The standard InChI is InChI=1S/C13H10ClNO/c14-12-7-5-10(6-8-12)13-4-2-1-3-11(13)9-15-16/h1-9,16H/b15-9+. The monoisotopic (exact) mass is 231 g/mol. The van der Waals surface area contributed by atoms with E-state index in [4.69, 9.17) is 16.8 Å². The lowest BCUT2D eigenvalue weighted by Gasteiger charge is -2.05. The van der Waals surface area contributed by atoms with Gasteiger partial charge in [0.05, 0.1) is 6.21 Å². The topological polar surface area (TPSA) is 32.6 Å². The van der Waals surface area contributed by atoms with Crippen LogP contribution < -0.4 is 0 Å². The highest BCUT2D eigenvalue weighted by atomic mass is 35.5. The van der Waals surface area contributed by atoms with Gasteiger partial charge in [-0.2, -0.15) is 0 Å². The van der Waals surface area contributed by atoms with E-state index in [1.165, 1.54) is 6.21 Å². The van der Waals surface area contributed by atoms with Gasteiger partial charge >= 0.3 is 0 Å². The van der Waals surface area contributed by atoms with Gasteiger partial charge in [-0.15, -0.1) is 0 Å². The Balaban J connectivity index is 2.51. The van der Waals surface area contributed by atoms with Gasteiger partial charge in [-0.05, 0) is 23.3 Å². The highest BCUT2D eigenvalue weighted by Crippen LogP contribution is 2.24. The Labute approximate surface area is 98.8 Å². The van der Waals surface area contributed by atoms with E-state index < -0.39 is 0 Å². The fraction of sp³-hybridized carbons (Fsp3) is 0. The molecule has 0 spiro atoms. The average Bonchev–Trinajstić information content (AvgIpc) is 2.32. The third-order valence-electron chi connectivity index (χ3n) is 2.31. The Hall–Kier alpha value is -1.80. The van der Waals surface area contributed by atoms with Crippen LogP contribution in [0.4, 0.5) is 0 Å². The first-order chi connectivity index (χ1) is 7.81. The van der Waals surface area contributed by atoms with Crippen LogP contribution >= 0.6 is 11.6 Å². The van der Waals surface area contributed by atoms with Crippen LogP contribution in [0.2, 0.25) is 5.02 Å². The summed E-state index contributed by atoms with van der Waals surface area (Å²) in [5, 5.41) is 12.3. The van der Waals surface area contributed by atoms with Crippen LogP contribution in [0.5, 0.6) is 0 Å². The van der Waals surface area contributed by atoms with E-state index in [1.807, 2.05) is 48.5 Å². The molecule has 0 atom stereocenters. The zero-order valence-electron chi connectivity index (χ0n) is 8.47. The van der Waals surface area contributed by atoms with Crippen molar-refractivity contribution < 1.29 is 5.21 Å². The summed E-state index contributed by atoms with van der Waals surface area (Å²) in [5.74, 6) is 0. The molecule has 2 nitrogen and oxygen atoms in total. The highest BCUT2D eigenvalue weighted by Gasteiger charge is 2.02. The van der Waals surface area contributed by atoms with Crippen LogP contribution in [0.25, 0.3) is 11.1 Å². The third-order valence-corrected chi connectivity index (χ3v) is 2.56. The smallest absolute Gasteiger partial charge is 0.0740 e. The van der Waals surface area contributed by atoms with Gasteiger partial charge in [-0.3, -0.25) is 0 Å². The van der Waals surface area contributed by atoms with Gasteiger partial charge in [0, 0.05) is 10.6 Å².